The predicted octanol–water partition coefficient (Wildman–Crippen LogP) is 4.11. The third-order valence-corrected chi connectivity index (χ3v) is 4.60. The highest BCUT2D eigenvalue weighted by molar-refractivity contribution is 5.96. The maximum atomic E-state index is 12.8. The van der Waals surface area contributed by atoms with Crippen molar-refractivity contribution in [2.24, 2.45) is 5.92 Å². The van der Waals surface area contributed by atoms with Crippen LogP contribution >= 0.6 is 0 Å². The second-order valence-electron chi connectivity index (χ2n) is 6.43. The number of esters is 1. The molecule has 1 fully saturated rings. The predicted molar refractivity (Wildman–Crippen MR) is 98.9 cm³/mol. The number of anilines is 1. The first-order chi connectivity index (χ1) is 12.7. The fourth-order valence-corrected chi connectivity index (χ4v) is 3.18. The molecule has 136 valence electrons. The molecule has 1 atom stereocenters. The zero-order valence-electron chi connectivity index (χ0n) is 14.8. The molecule has 1 N–H and O–H groups in total. The van der Waals surface area contributed by atoms with E-state index in [9.17, 15) is 9.59 Å². The largest absolute Gasteiger partial charge is 0.497 e. The number of methoxy groups -OCH3 is 1. The lowest BCUT2D eigenvalue weighted by Crippen LogP contribution is -2.28. The number of carbonyl (C=O) groups excluding carboxylic acids is 2. The Morgan fingerprint density at radius 2 is 1.77 bits per heavy atom. The average molecular weight is 353 g/mol. The molecule has 0 heterocycles. The summed E-state index contributed by atoms with van der Waals surface area (Å²) >= 11 is 0. The van der Waals surface area contributed by atoms with Crippen LogP contribution in [0.25, 0.3) is 0 Å². The van der Waals surface area contributed by atoms with Gasteiger partial charge < -0.3 is 14.8 Å². The van der Waals surface area contributed by atoms with Crippen LogP contribution in [0.5, 0.6) is 5.75 Å². The van der Waals surface area contributed by atoms with Crippen molar-refractivity contribution in [1.29, 1.82) is 0 Å². The van der Waals surface area contributed by atoms with Gasteiger partial charge in [-0.05, 0) is 25.0 Å². The van der Waals surface area contributed by atoms with Gasteiger partial charge in [0.05, 0.1) is 13.0 Å². The van der Waals surface area contributed by atoms with Crippen LogP contribution in [0.1, 0.15) is 37.4 Å². The quantitative estimate of drug-likeness (QED) is 0.794. The van der Waals surface area contributed by atoms with Gasteiger partial charge in [0.2, 0.25) is 6.10 Å². The Morgan fingerprint density at radius 1 is 1.04 bits per heavy atom. The van der Waals surface area contributed by atoms with E-state index in [1.54, 1.807) is 43.5 Å². The van der Waals surface area contributed by atoms with E-state index in [0.29, 0.717) is 17.0 Å². The van der Waals surface area contributed by atoms with Crippen LogP contribution in [0.2, 0.25) is 0 Å². The minimum absolute atomic E-state index is 0.106. The van der Waals surface area contributed by atoms with E-state index in [1.165, 1.54) is 0 Å². The molecule has 0 aliphatic heterocycles. The van der Waals surface area contributed by atoms with Crippen molar-refractivity contribution in [1.82, 2.24) is 0 Å². The molecule has 2 aromatic carbocycles. The summed E-state index contributed by atoms with van der Waals surface area (Å²) in [6.07, 6.45) is 2.75. The molecule has 0 unspecified atom stereocenters. The number of benzene rings is 2. The van der Waals surface area contributed by atoms with Crippen LogP contribution in [-0.4, -0.2) is 19.0 Å². The summed E-state index contributed by atoms with van der Waals surface area (Å²) < 4.78 is 10.8. The Bertz CT molecular complexity index is 754. The molecule has 0 aromatic heterocycles. The molecular formula is C21H23NO4. The van der Waals surface area contributed by atoms with Gasteiger partial charge in [-0.2, -0.15) is 0 Å². The van der Waals surface area contributed by atoms with Crippen LogP contribution in [-0.2, 0) is 14.3 Å². The maximum absolute atomic E-state index is 12.8. The third kappa shape index (κ3) is 4.42. The number of carbonyl (C=O) groups is 2. The van der Waals surface area contributed by atoms with Crippen molar-refractivity contribution in [3.8, 4) is 5.75 Å². The topological polar surface area (TPSA) is 64.6 Å². The zero-order chi connectivity index (χ0) is 18.4. The summed E-state index contributed by atoms with van der Waals surface area (Å²) in [5.74, 6) is -0.138. The molecule has 3 rings (SSSR count). The standard InChI is InChI=1S/C21H23NO4/c1-25-18-13-7-12-17(14-18)22-20(23)19(15-8-3-2-4-9-15)26-21(24)16-10-5-6-11-16/h2-4,7-9,12-14,16,19H,5-6,10-11H2,1H3,(H,22,23)/t19-/m0/s1. The molecule has 0 spiro atoms. The maximum Gasteiger partial charge on any atom is 0.310 e. The highest BCUT2D eigenvalue weighted by Gasteiger charge is 2.30. The zero-order valence-corrected chi connectivity index (χ0v) is 14.8. The van der Waals surface area contributed by atoms with Crippen LogP contribution in [0, 0.1) is 5.92 Å². The Morgan fingerprint density at radius 3 is 2.46 bits per heavy atom. The summed E-state index contributed by atoms with van der Waals surface area (Å²) in [5.41, 5.74) is 1.24. The molecule has 0 bridgehead atoms. The normalized spacial score (nSPS) is 15.3. The fraction of sp³-hybridized carbons (Fsp3) is 0.333. The molecule has 5 heteroatoms. The molecule has 1 amide bonds. The van der Waals surface area contributed by atoms with Crippen molar-refractivity contribution < 1.29 is 19.1 Å². The van der Waals surface area contributed by atoms with Gasteiger partial charge in [-0.3, -0.25) is 9.59 Å². The number of hydrogen-bond donors (Lipinski definition) is 1. The first-order valence-electron chi connectivity index (χ1n) is 8.88. The van der Waals surface area contributed by atoms with Gasteiger partial charge in [-0.25, -0.2) is 0 Å². The lowest BCUT2D eigenvalue weighted by atomic mass is 10.1. The molecule has 2 aromatic rings. The summed E-state index contributed by atoms with van der Waals surface area (Å²) in [5, 5.41) is 2.82. The summed E-state index contributed by atoms with van der Waals surface area (Å²) in [6, 6.07) is 16.2. The number of amides is 1. The summed E-state index contributed by atoms with van der Waals surface area (Å²) in [7, 11) is 1.57. The lowest BCUT2D eigenvalue weighted by Gasteiger charge is -2.20. The van der Waals surface area contributed by atoms with Crippen molar-refractivity contribution in [2.45, 2.75) is 31.8 Å². The molecule has 0 saturated heterocycles. The van der Waals surface area contributed by atoms with Crippen molar-refractivity contribution in [2.75, 3.05) is 12.4 Å². The van der Waals surface area contributed by atoms with E-state index in [4.69, 9.17) is 9.47 Å². The average Bonchev–Trinajstić information content (AvgIpc) is 3.21. The lowest BCUT2D eigenvalue weighted by molar-refractivity contribution is -0.158. The second-order valence-corrected chi connectivity index (χ2v) is 6.43. The SMILES string of the molecule is COc1cccc(NC(=O)[C@@H](OC(=O)C2CCCC2)c2ccccc2)c1. The second kappa shape index (κ2) is 8.52. The number of hydrogen-bond acceptors (Lipinski definition) is 4. The fourth-order valence-electron chi connectivity index (χ4n) is 3.18. The third-order valence-electron chi connectivity index (χ3n) is 4.60. The van der Waals surface area contributed by atoms with Crippen LogP contribution < -0.4 is 10.1 Å². The van der Waals surface area contributed by atoms with Crippen LogP contribution in [0.15, 0.2) is 54.6 Å². The minimum Gasteiger partial charge on any atom is -0.497 e. The van der Waals surface area contributed by atoms with Crippen molar-refractivity contribution in [3.63, 3.8) is 0 Å². The molecular weight excluding hydrogens is 330 g/mol. The smallest absolute Gasteiger partial charge is 0.310 e. The molecule has 5 nitrogen and oxygen atoms in total. The molecule has 1 aliphatic rings. The van der Waals surface area contributed by atoms with Crippen molar-refractivity contribution in [3.05, 3.63) is 60.2 Å². The Kier molecular flexibility index (Phi) is 5.89. The van der Waals surface area contributed by atoms with Gasteiger partial charge in [-0.1, -0.05) is 49.2 Å². The van der Waals surface area contributed by atoms with E-state index in [-0.39, 0.29) is 17.8 Å². The first kappa shape index (κ1) is 18.0. The van der Waals surface area contributed by atoms with Crippen LogP contribution in [0.4, 0.5) is 5.69 Å². The van der Waals surface area contributed by atoms with Gasteiger partial charge >= 0.3 is 5.97 Å². The van der Waals surface area contributed by atoms with Gasteiger partial charge in [0.25, 0.3) is 5.91 Å². The Labute approximate surface area is 153 Å². The molecule has 1 saturated carbocycles. The van der Waals surface area contributed by atoms with Crippen molar-refractivity contribution >= 4 is 17.6 Å². The van der Waals surface area contributed by atoms with Gasteiger partial charge in [0.15, 0.2) is 0 Å². The van der Waals surface area contributed by atoms with Gasteiger partial charge in [0, 0.05) is 17.3 Å². The Balaban J connectivity index is 1.77. The minimum atomic E-state index is -0.976. The van der Waals surface area contributed by atoms with Gasteiger partial charge in [0.1, 0.15) is 5.75 Å². The highest BCUT2D eigenvalue weighted by atomic mass is 16.5. The Hall–Kier alpha value is -2.82. The monoisotopic (exact) mass is 353 g/mol. The van der Waals surface area contributed by atoms with Crippen LogP contribution in [0.3, 0.4) is 0 Å². The molecule has 1 aliphatic carbocycles. The van der Waals surface area contributed by atoms with E-state index in [0.717, 1.165) is 25.7 Å². The molecule has 26 heavy (non-hydrogen) atoms. The number of ether oxygens (including phenoxy) is 2. The van der Waals surface area contributed by atoms with Gasteiger partial charge in [-0.15, -0.1) is 0 Å². The van der Waals surface area contributed by atoms with E-state index < -0.39 is 6.10 Å². The first-order valence-corrected chi connectivity index (χ1v) is 8.88. The van der Waals surface area contributed by atoms with E-state index in [1.807, 2.05) is 18.2 Å². The summed E-state index contributed by atoms with van der Waals surface area (Å²) in [4.78, 5) is 25.3. The highest BCUT2D eigenvalue weighted by Crippen LogP contribution is 2.29. The number of nitrogens with one attached hydrogen (secondary N) is 1. The van der Waals surface area contributed by atoms with E-state index >= 15 is 0 Å². The summed E-state index contributed by atoms with van der Waals surface area (Å²) in [6.45, 7) is 0. The number of rotatable bonds is 6. The molecule has 0 radical (unpaired) electrons. The van der Waals surface area contributed by atoms with E-state index in [2.05, 4.69) is 5.32 Å².